The van der Waals surface area contributed by atoms with Gasteiger partial charge in [-0.1, -0.05) is 18.2 Å². The lowest BCUT2D eigenvalue weighted by Crippen LogP contribution is -2.60. The molecule has 0 radical (unpaired) electrons. The number of carboxylic acid groups (broad SMARTS) is 1. The zero-order valence-corrected chi connectivity index (χ0v) is 14.2. The third kappa shape index (κ3) is 3.24. The van der Waals surface area contributed by atoms with Crippen LogP contribution in [0.3, 0.4) is 0 Å². The van der Waals surface area contributed by atoms with Gasteiger partial charge >= 0.3 is 5.97 Å². The number of carboxylic acids is 1. The van der Waals surface area contributed by atoms with Gasteiger partial charge in [0, 0.05) is 18.7 Å². The smallest absolute Gasteiger partial charge is 0.334 e. The third-order valence-electron chi connectivity index (χ3n) is 5.00. The van der Waals surface area contributed by atoms with Crippen LogP contribution in [-0.4, -0.2) is 70.6 Å². The fourth-order valence-corrected chi connectivity index (χ4v) is 3.57. The molecule has 0 spiro atoms. The van der Waals surface area contributed by atoms with Crippen LogP contribution in [-0.2, 0) is 14.3 Å². The molecular formula is C18H22N2O5. The van der Waals surface area contributed by atoms with Crippen LogP contribution in [0.4, 0.5) is 0 Å². The van der Waals surface area contributed by atoms with Gasteiger partial charge < -0.3 is 19.6 Å². The van der Waals surface area contributed by atoms with Crippen molar-refractivity contribution in [3.8, 4) is 0 Å². The first kappa shape index (κ1) is 17.4. The van der Waals surface area contributed by atoms with Crippen molar-refractivity contribution in [2.24, 2.45) is 0 Å². The average molecular weight is 346 g/mol. The molecule has 1 aromatic carbocycles. The van der Waals surface area contributed by atoms with Crippen molar-refractivity contribution < 1.29 is 24.2 Å². The van der Waals surface area contributed by atoms with Crippen LogP contribution in [0.15, 0.2) is 30.3 Å². The quantitative estimate of drug-likeness (QED) is 0.882. The predicted molar refractivity (Wildman–Crippen MR) is 89.1 cm³/mol. The van der Waals surface area contributed by atoms with E-state index >= 15 is 0 Å². The number of carbonyl (C=O) groups is 3. The molecule has 2 unspecified atom stereocenters. The minimum Gasteiger partial charge on any atom is -0.479 e. The van der Waals surface area contributed by atoms with Crippen LogP contribution >= 0.6 is 0 Å². The number of hydrogen-bond donors (Lipinski definition) is 1. The molecule has 1 aromatic rings. The maximum atomic E-state index is 13.1. The highest BCUT2D eigenvalue weighted by Gasteiger charge is 2.48. The second-order valence-corrected chi connectivity index (χ2v) is 6.65. The van der Waals surface area contributed by atoms with Crippen molar-refractivity contribution >= 4 is 17.8 Å². The second-order valence-electron chi connectivity index (χ2n) is 6.65. The Morgan fingerprint density at radius 2 is 1.92 bits per heavy atom. The van der Waals surface area contributed by atoms with Gasteiger partial charge in [-0.25, -0.2) is 4.79 Å². The summed E-state index contributed by atoms with van der Waals surface area (Å²) in [4.78, 5) is 40.3. The lowest BCUT2D eigenvalue weighted by atomic mass is 9.95. The molecule has 2 atom stereocenters. The van der Waals surface area contributed by atoms with Crippen molar-refractivity contribution in [3.05, 3.63) is 35.9 Å². The first-order chi connectivity index (χ1) is 11.9. The fourth-order valence-electron chi connectivity index (χ4n) is 3.57. The fraction of sp³-hybridized carbons (Fsp3) is 0.500. The number of benzene rings is 1. The summed E-state index contributed by atoms with van der Waals surface area (Å²) in [6, 6.07) is 8.90. The van der Waals surface area contributed by atoms with Crippen LogP contribution < -0.4 is 0 Å². The summed E-state index contributed by atoms with van der Waals surface area (Å²) in [5.74, 6) is -1.45. The molecule has 2 aliphatic heterocycles. The van der Waals surface area contributed by atoms with E-state index in [0.717, 1.165) is 6.42 Å². The second kappa shape index (κ2) is 6.84. The first-order valence-electron chi connectivity index (χ1n) is 8.44. The van der Waals surface area contributed by atoms with E-state index in [2.05, 4.69) is 0 Å². The summed E-state index contributed by atoms with van der Waals surface area (Å²) < 4.78 is 5.18. The normalized spacial score (nSPS) is 26.5. The summed E-state index contributed by atoms with van der Waals surface area (Å²) in [5.41, 5.74) is -0.401. The van der Waals surface area contributed by atoms with E-state index in [9.17, 15) is 14.4 Å². The van der Waals surface area contributed by atoms with Gasteiger partial charge in [0.05, 0.1) is 13.2 Å². The summed E-state index contributed by atoms with van der Waals surface area (Å²) in [6.45, 7) is 2.82. The minimum absolute atomic E-state index is 0.0110. The number of hydrogen-bond acceptors (Lipinski definition) is 4. The van der Waals surface area contributed by atoms with E-state index in [1.165, 1.54) is 4.90 Å². The first-order valence-corrected chi connectivity index (χ1v) is 8.44. The molecule has 7 nitrogen and oxygen atoms in total. The molecule has 2 fully saturated rings. The van der Waals surface area contributed by atoms with Crippen LogP contribution in [0.2, 0.25) is 0 Å². The largest absolute Gasteiger partial charge is 0.479 e. The van der Waals surface area contributed by atoms with Crippen molar-refractivity contribution in [2.75, 3.05) is 26.2 Å². The molecule has 2 saturated heterocycles. The maximum Gasteiger partial charge on any atom is 0.334 e. The number of amides is 2. The molecule has 2 amide bonds. The molecule has 7 heteroatoms. The van der Waals surface area contributed by atoms with E-state index in [1.807, 2.05) is 6.07 Å². The topological polar surface area (TPSA) is 87.2 Å². The number of ether oxygens (including phenoxy) is 1. The Kier molecular flexibility index (Phi) is 4.76. The standard InChI is InChI=1S/C18H22N2O5/c1-18(17(24)19-10-11-25-14(12-19)16(22)23)8-5-9-20(18)15(21)13-6-3-2-4-7-13/h2-4,6-7,14H,5,8-12H2,1H3,(H,22,23). The summed E-state index contributed by atoms with van der Waals surface area (Å²) in [6.07, 6.45) is 0.300. The average Bonchev–Trinajstić information content (AvgIpc) is 3.04. The van der Waals surface area contributed by atoms with Gasteiger partial charge in [0.1, 0.15) is 5.54 Å². The molecule has 25 heavy (non-hydrogen) atoms. The monoisotopic (exact) mass is 346 g/mol. The number of likely N-dealkylation sites (tertiary alicyclic amines) is 1. The van der Waals surface area contributed by atoms with Crippen molar-refractivity contribution in [3.63, 3.8) is 0 Å². The van der Waals surface area contributed by atoms with Gasteiger partial charge in [0.25, 0.3) is 5.91 Å². The molecule has 2 aliphatic rings. The summed E-state index contributed by atoms with van der Waals surface area (Å²) in [7, 11) is 0. The van der Waals surface area contributed by atoms with E-state index < -0.39 is 17.6 Å². The molecule has 2 heterocycles. The minimum atomic E-state index is -1.08. The Labute approximate surface area is 146 Å². The molecule has 3 rings (SSSR count). The zero-order valence-electron chi connectivity index (χ0n) is 14.2. The van der Waals surface area contributed by atoms with E-state index in [4.69, 9.17) is 9.84 Å². The molecule has 0 saturated carbocycles. The van der Waals surface area contributed by atoms with Crippen molar-refractivity contribution in [1.82, 2.24) is 9.80 Å². The van der Waals surface area contributed by atoms with Gasteiger partial charge in [-0.3, -0.25) is 9.59 Å². The Morgan fingerprint density at radius 3 is 2.60 bits per heavy atom. The van der Waals surface area contributed by atoms with Gasteiger partial charge in [-0.05, 0) is 31.9 Å². The SMILES string of the molecule is CC1(C(=O)N2CCOC(C(=O)O)C2)CCCN1C(=O)c1ccccc1. The van der Waals surface area contributed by atoms with Gasteiger partial charge in [-0.15, -0.1) is 0 Å². The maximum absolute atomic E-state index is 13.1. The summed E-state index contributed by atoms with van der Waals surface area (Å²) >= 11 is 0. The molecule has 0 bridgehead atoms. The number of rotatable bonds is 3. The lowest BCUT2D eigenvalue weighted by molar-refractivity contribution is -0.162. The Bertz CT molecular complexity index is 677. The highest BCUT2D eigenvalue weighted by atomic mass is 16.5. The van der Waals surface area contributed by atoms with Crippen LogP contribution in [0.25, 0.3) is 0 Å². The predicted octanol–water partition coefficient (Wildman–Crippen LogP) is 0.993. The van der Waals surface area contributed by atoms with Crippen LogP contribution in [0, 0.1) is 0 Å². The van der Waals surface area contributed by atoms with Gasteiger partial charge in [0.2, 0.25) is 5.91 Å². The molecular weight excluding hydrogens is 324 g/mol. The lowest BCUT2D eigenvalue weighted by Gasteiger charge is -2.40. The van der Waals surface area contributed by atoms with E-state index in [-0.39, 0.29) is 25.0 Å². The number of nitrogens with zero attached hydrogens (tertiary/aromatic N) is 2. The van der Waals surface area contributed by atoms with E-state index in [0.29, 0.717) is 25.1 Å². The Hall–Kier alpha value is -2.41. The van der Waals surface area contributed by atoms with Crippen molar-refractivity contribution in [1.29, 1.82) is 0 Å². The molecule has 0 aliphatic carbocycles. The van der Waals surface area contributed by atoms with Gasteiger partial charge in [-0.2, -0.15) is 0 Å². The Morgan fingerprint density at radius 1 is 1.20 bits per heavy atom. The van der Waals surface area contributed by atoms with Crippen LogP contribution in [0.1, 0.15) is 30.1 Å². The molecule has 0 aromatic heterocycles. The molecule has 1 N–H and O–H groups in total. The zero-order chi connectivity index (χ0) is 18.0. The highest BCUT2D eigenvalue weighted by Crippen LogP contribution is 2.33. The number of morpholine rings is 1. The number of carbonyl (C=O) groups excluding carboxylic acids is 2. The van der Waals surface area contributed by atoms with Gasteiger partial charge in [0.15, 0.2) is 6.10 Å². The molecule has 134 valence electrons. The Balaban J connectivity index is 1.80. The summed E-state index contributed by atoms with van der Waals surface area (Å²) in [5, 5.41) is 9.13. The van der Waals surface area contributed by atoms with Crippen LogP contribution in [0.5, 0.6) is 0 Å². The number of aliphatic carboxylic acids is 1. The van der Waals surface area contributed by atoms with E-state index in [1.54, 1.807) is 36.1 Å². The highest BCUT2D eigenvalue weighted by molar-refractivity contribution is 5.99. The third-order valence-corrected chi connectivity index (χ3v) is 5.00. The van der Waals surface area contributed by atoms with Crippen molar-refractivity contribution in [2.45, 2.75) is 31.4 Å².